The van der Waals surface area contributed by atoms with Crippen molar-refractivity contribution in [1.29, 1.82) is 0 Å². The minimum absolute atomic E-state index is 0.573. The van der Waals surface area contributed by atoms with Gasteiger partial charge in [-0.1, -0.05) is 200 Å². The van der Waals surface area contributed by atoms with Crippen LogP contribution in [0.25, 0.3) is 55.3 Å². The Kier molecular flexibility index (Phi) is 8.79. The molecule has 0 aromatic heterocycles. The molecule has 0 saturated heterocycles. The number of benzene rings is 10. The van der Waals surface area contributed by atoms with Gasteiger partial charge in [-0.25, -0.2) is 0 Å². The van der Waals surface area contributed by atoms with E-state index < -0.39 is 5.41 Å². The topological polar surface area (TPSA) is 3.24 Å². The van der Waals surface area contributed by atoms with Crippen LogP contribution >= 0.6 is 0 Å². The Labute approximate surface area is 352 Å². The lowest BCUT2D eigenvalue weighted by Gasteiger charge is -2.35. The minimum atomic E-state index is -0.573. The van der Waals surface area contributed by atoms with Crippen molar-refractivity contribution < 1.29 is 0 Å². The van der Waals surface area contributed by atoms with Crippen molar-refractivity contribution in [3.05, 3.63) is 271 Å². The van der Waals surface area contributed by atoms with E-state index in [1.165, 1.54) is 77.5 Å². The van der Waals surface area contributed by atoms with E-state index in [4.69, 9.17) is 0 Å². The Hall–Kier alpha value is -7.74. The summed E-state index contributed by atoms with van der Waals surface area (Å²) in [4.78, 5) is 2.41. The first kappa shape index (κ1) is 35.4. The lowest BCUT2D eigenvalue weighted by atomic mass is 9.67. The standard InChI is InChI=1S/C59H41N/c1-5-15-42(16-6-1)45-27-32-52(33-28-45)60(53-34-29-46(30-35-53)43-17-7-2-8-18-43)54-36-38-56-55-37-31-49(48-26-25-44-19-13-14-20-47(44)39-48)40-57(55)59(58(56)41-54,50-21-9-3-10-22-50)51-23-11-4-12-24-51/h1-41H. The summed E-state index contributed by atoms with van der Waals surface area (Å²) in [6.07, 6.45) is 0. The zero-order valence-corrected chi connectivity index (χ0v) is 33.1. The highest BCUT2D eigenvalue weighted by Gasteiger charge is 2.46. The van der Waals surface area contributed by atoms with Gasteiger partial charge < -0.3 is 4.90 Å². The van der Waals surface area contributed by atoms with Gasteiger partial charge in [0.25, 0.3) is 0 Å². The van der Waals surface area contributed by atoms with Crippen LogP contribution in [-0.4, -0.2) is 0 Å². The molecule has 10 aromatic carbocycles. The van der Waals surface area contributed by atoms with Crippen molar-refractivity contribution in [2.45, 2.75) is 5.41 Å². The minimum Gasteiger partial charge on any atom is -0.310 e. The van der Waals surface area contributed by atoms with E-state index in [0.29, 0.717) is 0 Å². The molecule has 10 aromatic rings. The lowest BCUT2D eigenvalue weighted by Crippen LogP contribution is -2.28. The quantitative estimate of drug-likeness (QED) is 0.149. The predicted molar refractivity (Wildman–Crippen MR) is 252 cm³/mol. The molecule has 1 aliphatic rings. The van der Waals surface area contributed by atoms with Gasteiger partial charge in [-0.3, -0.25) is 0 Å². The predicted octanol–water partition coefficient (Wildman–Crippen LogP) is 15.7. The van der Waals surface area contributed by atoms with E-state index in [9.17, 15) is 0 Å². The number of hydrogen-bond acceptors (Lipinski definition) is 1. The number of anilines is 3. The first-order valence-corrected chi connectivity index (χ1v) is 20.7. The molecule has 1 nitrogen and oxygen atoms in total. The SMILES string of the molecule is c1ccc(-c2ccc(N(c3ccc(-c4ccccc4)cc3)c3ccc4c(c3)C(c3ccccc3)(c3ccccc3)c3cc(-c5ccc6ccccc6c5)ccc3-4)cc2)cc1. The second-order valence-corrected chi connectivity index (χ2v) is 15.7. The largest absolute Gasteiger partial charge is 0.310 e. The molecule has 0 fully saturated rings. The van der Waals surface area contributed by atoms with Gasteiger partial charge in [0, 0.05) is 17.1 Å². The van der Waals surface area contributed by atoms with Crippen LogP contribution in [0.5, 0.6) is 0 Å². The van der Waals surface area contributed by atoms with Crippen LogP contribution in [0.4, 0.5) is 17.1 Å². The molecule has 60 heavy (non-hydrogen) atoms. The molecule has 11 rings (SSSR count). The van der Waals surface area contributed by atoms with Crippen molar-refractivity contribution >= 4 is 27.8 Å². The molecule has 0 saturated carbocycles. The zero-order chi connectivity index (χ0) is 39.9. The fraction of sp³-hybridized carbons (Fsp3) is 0.0169. The van der Waals surface area contributed by atoms with Crippen LogP contribution in [0.1, 0.15) is 22.3 Å². The van der Waals surface area contributed by atoms with E-state index in [1.807, 2.05) is 0 Å². The number of hydrogen-bond donors (Lipinski definition) is 0. The fourth-order valence-electron chi connectivity index (χ4n) is 9.48. The fourth-order valence-corrected chi connectivity index (χ4v) is 9.48. The molecular formula is C59H41N. The molecule has 0 atom stereocenters. The van der Waals surface area contributed by atoms with E-state index in [2.05, 4.69) is 254 Å². The van der Waals surface area contributed by atoms with Gasteiger partial charge in [-0.05, 0) is 126 Å². The van der Waals surface area contributed by atoms with Crippen molar-refractivity contribution in [2.75, 3.05) is 4.90 Å². The van der Waals surface area contributed by atoms with E-state index in [0.717, 1.165) is 17.1 Å². The van der Waals surface area contributed by atoms with Crippen LogP contribution in [-0.2, 0) is 5.41 Å². The van der Waals surface area contributed by atoms with Gasteiger partial charge in [0.1, 0.15) is 0 Å². The van der Waals surface area contributed by atoms with Gasteiger partial charge >= 0.3 is 0 Å². The second-order valence-electron chi connectivity index (χ2n) is 15.7. The first-order chi connectivity index (χ1) is 29.7. The Balaban J connectivity index is 1.12. The van der Waals surface area contributed by atoms with Crippen LogP contribution in [0.15, 0.2) is 249 Å². The van der Waals surface area contributed by atoms with Gasteiger partial charge in [-0.2, -0.15) is 0 Å². The summed E-state index contributed by atoms with van der Waals surface area (Å²) in [6.45, 7) is 0. The third kappa shape index (κ3) is 6.03. The molecule has 0 radical (unpaired) electrons. The van der Waals surface area contributed by atoms with Crippen molar-refractivity contribution in [2.24, 2.45) is 0 Å². The maximum Gasteiger partial charge on any atom is 0.0714 e. The Morgan fingerprint density at radius 1 is 0.250 bits per heavy atom. The average Bonchev–Trinajstić information content (AvgIpc) is 3.63. The number of rotatable bonds is 8. The van der Waals surface area contributed by atoms with E-state index in [-0.39, 0.29) is 0 Å². The molecule has 0 unspecified atom stereocenters. The van der Waals surface area contributed by atoms with E-state index in [1.54, 1.807) is 0 Å². The van der Waals surface area contributed by atoms with Gasteiger partial charge in [0.05, 0.1) is 5.41 Å². The van der Waals surface area contributed by atoms with Gasteiger partial charge in [0.2, 0.25) is 0 Å². The summed E-state index contributed by atoms with van der Waals surface area (Å²) in [5, 5.41) is 2.49. The maximum absolute atomic E-state index is 2.46. The van der Waals surface area contributed by atoms with Crippen molar-refractivity contribution in [3.63, 3.8) is 0 Å². The summed E-state index contributed by atoms with van der Waals surface area (Å²) in [5.41, 5.74) is 17.5. The maximum atomic E-state index is 2.46. The number of nitrogens with zero attached hydrogens (tertiary/aromatic N) is 1. The highest BCUT2D eigenvalue weighted by Crippen LogP contribution is 2.58. The summed E-state index contributed by atoms with van der Waals surface area (Å²) >= 11 is 0. The molecule has 0 aliphatic heterocycles. The van der Waals surface area contributed by atoms with Gasteiger partial charge in [0.15, 0.2) is 0 Å². The molecule has 0 amide bonds. The average molecular weight is 764 g/mol. The summed E-state index contributed by atoms with van der Waals surface area (Å²) in [7, 11) is 0. The molecule has 0 spiro atoms. The van der Waals surface area contributed by atoms with Gasteiger partial charge in [-0.15, -0.1) is 0 Å². The van der Waals surface area contributed by atoms with Crippen molar-refractivity contribution in [3.8, 4) is 44.5 Å². The normalized spacial score (nSPS) is 12.5. The van der Waals surface area contributed by atoms with Crippen LogP contribution in [0, 0.1) is 0 Å². The summed E-state index contributed by atoms with van der Waals surface area (Å²) in [5.74, 6) is 0. The smallest absolute Gasteiger partial charge is 0.0714 e. The summed E-state index contributed by atoms with van der Waals surface area (Å²) < 4.78 is 0. The van der Waals surface area contributed by atoms with Crippen LogP contribution in [0.2, 0.25) is 0 Å². The van der Waals surface area contributed by atoms with Crippen molar-refractivity contribution in [1.82, 2.24) is 0 Å². The highest BCUT2D eigenvalue weighted by molar-refractivity contribution is 5.93. The lowest BCUT2D eigenvalue weighted by molar-refractivity contribution is 0.768. The third-order valence-corrected chi connectivity index (χ3v) is 12.3. The van der Waals surface area contributed by atoms with Crippen LogP contribution in [0.3, 0.4) is 0 Å². The molecular weight excluding hydrogens is 723 g/mol. The molecule has 1 heteroatoms. The Bertz CT molecular complexity index is 2980. The molecule has 0 heterocycles. The van der Waals surface area contributed by atoms with Crippen LogP contribution < -0.4 is 4.90 Å². The van der Waals surface area contributed by atoms with E-state index >= 15 is 0 Å². The second kappa shape index (κ2) is 14.9. The Morgan fingerprint density at radius 3 is 1.18 bits per heavy atom. The number of fused-ring (bicyclic) bond motifs is 4. The molecule has 0 N–H and O–H groups in total. The monoisotopic (exact) mass is 763 g/mol. The first-order valence-electron chi connectivity index (χ1n) is 20.7. The zero-order valence-electron chi connectivity index (χ0n) is 33.1. The summed E-state index contributed by atoms with van der Waals surface area (Å²) in [6, 6.07) is 91.2. The Morgan fingerprint density at radius 2 is 0.633 bits per heavy atom. The molecule has 1 aliphatic carbocycles. The molecule has 282 valence electrons. The molecule has 0 bridgehead atoms. The highest BCUT2D eigenvalue weighted by atomic mass is 15.1. The third-order valence-electron chi connectivity index (χ3n) is 12.3.